The van der Waals surface area contributed by atoms with E-state index in [0.29, 0.717) is 24.1 Å². The molecule has 8 nitrogen and oxygen atoms in total. The zero-order valence-electron chi connectivity index (χ0n) is 18.9. The minimum absolute atomic E-state index is 0.0141. The second-order valence-electron chi connectivity index (χ2n) is 8.25. The number of aromatic nitrogens is 4. The van der Waals surface area contributed by atoms with E-state index >= 15 is 0 Å². The fraction of sp³-hybridized carbons (Fsp3) is 0.478. The Morgan fingerprint density at radius 3 is 2.81 bits per heavy atom. The summed E-state index contributed by atoms with van der Waals surface area (Å²) in [5, 5.41) is 9.58. The van der Waals surface area contributed by atoms with Crippen molar-refractivity contribution >= 4 is 34.5 Å². The molecule has 4 rings (SSSR count). The first-order chi connectivity index (χ1) is 15.5. The molecule has 9 heteroatoms. The van der Waals surface area contributed by atoms with Crippen molar-refractivity contribution in [3.8, 4) is 5.75 Å². The van der Waals surface area contributed by atoms with Crippen molar-refractivity contribution < 1.29 is 9.53 Å². The van der Waals surface area contributed by atoms with Crippen LogP contribution in [0.5, 0.6) is 5.75 Å². The first-order valence-electron chi connectivity index (χ1n) is 11.1. The summed E-state index contributed by atoms with van der Waals surface area (Å²) in [5.74, 6) is 1.50. The molecule has 1 amide bonds. The van der Waals surface area contributed by atoms with E-state index in [1.54, 1.807) is 11.8 Å². The number of carbonyl (C=O) groups is 1. The number of benzene rings is 1. The molecule has 0 atom stereocenters. The van der Waals surface area contributed by atoms with Gasteiger partial charge in [0.1, 0.15) is 11.6 Å². The fourth-order valence-electron chi connectivity index (χ4n) is 3.72. The average Bonchev–Trinajstić information content (AvgIpc) is 3.42. The largest absolute Gasteiger partial charge is 0.484 e. The van der Waals surface area contributed by atoms with Crippen LogP contribution in [0.15, 0.2) is 35.6 Å². The number of hydrogen-bond donors (Lipinski definition) is 1. The second-order valence-corrected chi connectivity index (χ2v) is 9.79. The summed E-state index contributed by atoms with van der Waals surface area (Å²) in [6, 6.07) is 7.66. The quantitative estimate of drug-likeness (QED) is 0.392. The zero-order valence-corrected chi connectivity index (χ0v) is 19.7. The number of nitrogens with one attached hydrogen (secondary N) is 1. The Labute approximate surface area is 192 Å². The van der Waals surface area contributed by atoms with Crippen LogP contribution in [0, 0.1) is 6.92 Å². The van der Waals surface area contributed by atoms with Gasteiger partial charge in [0.15, 0.2) is 17.4 Å². The number of rotatable bonds is 9. The van der Waals surface area contributed by atoms with E-state index in [-0.39, 0.29) is 12.5 Å². The third-order valence-corrected chi connectivity index (χ3v) is 6.07. The van der Waals surface area contributed by atoms with Crippen molar-refractivity contribution in [1.82, 2.24) is 25.1 Å². The van der Waals surface area contributed by atoms with Crippen LogP contribution in [-0.2, 0) is 11.3 Å². The third-order valence-electron chi connectivity index (χ3n) is 5.21. The first kappa shape index (κ1) is 22.4. The van der Waals surface area contributed by atoms with E-state index in [2.05, 4.69) is 29.2 Å². The van der Waals surface area contributed by atoms with Gasteiger partial charge in [0.05, 0.1) is 18.1 Å². The Morgan fingerprint density at radius 2 is 2.06 bits per heavy atom. The number of thioether (sulfide) groups is 1. The number of hydrogen-bond acceptors (Lipinski definition) is 7. The van der Waals surface area contributed by atoms with Crippen molar-refractivity contribution in [2.24, 2.45) is 0 Å². The van der Waals surface area contributed by atoms with E-state index in [9.17, 15) is 4.79 Å². The van der Waals surface area contributed by atoms with Crippen LogP contribution in [-0.4, -0.2) is 57.1 Å². The number of ether oxygens (including phenoxy) is 1. The summed E-state index contributed by atoms with van der Waals surface area (Å²) in [6.45, 7) is 9.26. The average molecular weight is 455 g/mol. The molecule has 3 heterocycles. The number of fused-ring (bicyclic) bond motifs is 1. The first-order valence-corrected chi connectivity index (χ1v) is 12.0. The fourth-order valence-corrected chi connectivity index (χ4v) is 4.42. The summed E-state index contributed by atoms with van der Waals surface area (Å²) in [4.78, 5) is 24.1. The van der Waals surface area contributed by atoms with Crippen LogP contribution in [0.1, 0.15) is 32.3 Å². The maximum absolute atomic E-state index is 12.2. The smallest absolute Gasteiger partial charge is 0.258 e. The van der Waals surface area contributed by atoms with Gasteiger partial charge in [-0.3, -0.25) is 4.79 Å². The molecule has 1 saturated heterocycles. The molecular formula is C23H30N6O2S. The van der Waals surface area contributed by atoms with Gasteiger partial charge in [-0.2, -0.15) is 5.10 Å². The van der Waals surface area contributed by atoms with E-state index in [4.69, 9.17) is 14.7 Å². The maximum atomic E-state index is 12.2. The molecule has 0 spiro atoms. The number of nitrogens with zero attached hydrogens (tertiary/aromatic N) is 5. The number of aryl methyl sites for hydroxylation is 1. The maximum Gasteiger partial charge on any atom is 0.258 e. The van der Waals surface area contributed by atoms with Crippen LogP contribution < -0.4 is 15.0 Å². The minimum atomic E-state index is -0.161. The molecule has 0 aliphatic carbocycles. The van der Waals surface area contributed by atoms with E-state index in [1.807, 2.05) is 42.1 Å². The highest BCUT2D eigenvalue weighted by Crippen LogP contribution is 2.30. The molecular weight excluding hydrogens is 424 g/mol. The summed E-state index contributed by atoms with van der Waals surface area (Å²) >= 11 is 1.66. The summed E-state index contributed by atoms with van der Waals surface area (Å²) in [6.07, 6.45) is 4.21. The molecule has 1 aliphatic heterocycles. The Balaban J connectivity index is 1.41. The van der Waals surface area contributed by atoms with Gasteiger partial charge in [0.25, 0.3) is 5.91 Å². The topological polar surface area (TPSA) is 85.2 Å². The van der Waals surface area contributed by atoms with Crippen LogP contribution in [0.4, 0.5) is 5.82 Å². The lowest BCUT2D eigenvalue weighted by atomic mass is 10.2. The molecule has 1 fully saturated rings. The lowest BCUT2D eigenvalue weighted by Crippen LogP contribution is -2.31. The second kappa shape index (κ2) is 10.2. The predicted octanol–water partition coefficient (Wildman–Crippen LogP) is 3.43. The lowest BCUT2D eigenvalue weighted by molar-refractivity contribution is -0.123. The van der Waals surface area contributed by atoms with E-state index in [0.717, 1.165) is 40.7 Å². The van der Waals surface area contributed by atoms with Crippen LogP contribution in [0.2, 0.25) is 0 Å². The molecule has 0 saturated carbocycles. The van der Waals surface area contributed by atoms with Crippen molar-refractivity contribution in [2.75, 3.05) is 31.1 Å². The van der Waals surface area contributed by atoms with Crippen LogP contribution in [0.25, 0.3) is 11.0 Å². The molecule has 1 aromatic carbocycles. The van der Waals surface area contributed by atoms with Crippen molar-refractivity contribution in [3.05, 3.63) is 36.0 Å². The Morgan fingerprint density at radius 1 is 1.25 bits per heavy atom. The molecule has 3 aromatic rings. The van der Waals surface area contributed by atoms with Crippen LogP contribution >= 0.6 is 11.8 Å². The SMILES string of the molecule is Cc1cccc(OCC(=O)NCCn2ncc3c(N4CCCC4)nc(SC(C)C)nc32)c1. The van der Waals surface area contributed by atoms with Crippen molar-refractivity contribution in [1.29, 1.82) is 0 Å². The summed E-state index contributed by atoms with van der Waals surface area (Å²) in [5.41, 5.74) is 1.91. The zero-order chi connectivity index (χ0) is 22.5. The molecule has 0 bridgehead atoms. The molecule has 32 heavy (non-hydrogen) atoms. The van der Waals surface area contributed by atoms with Gasteiger partial charge in [-0.15, -0.1) is 0 Å². The van der Waals surface area contributed by atoms with Gasteiger partial charge in [0.2, 0.25) is 0 Å². The highest BCUT2D eigenvalue weighted by molar-refractivity contribution is 7.99. The predicted molar refractivity (Wildman–Crippen MR) is 127 cm³/mol. The Hall–Kier alpha value is -2.81. The molecule has 0 radical (unpaired) electrons. The molecule has 0 unspecified atom stereocenters. The Bertz CT molecular complexity index is 1080. The van der Waals surface area contributed by atoms with Gasteiger partial charge in [-0.25, -0.2) is 14.6 Å². The monoisotopic (exact) mass is 454 g/mol. The lowest BCUT2D eigenvalue weighted by Gasteiger charge is -2.18. The highest BCUT2D eigenvalue weighted by atomic mass is 32.2. The van der Waals surface area contributed by atoms with Gasteiger partial charge < -0.3 is 15.0 Å². The van der Waals surface area contributed by atoms with Gasteiger partial charge in [0, 0.05) is 24.9 Å². The standard InChI is InChI=1S/C23H30N6O2S/c1-16(2)32-23-26-21(28-10-4-5-11-28)19-14-25-29(22(19)27-23)12-9-24-20(30)15-31-18-8-6-7-17(3)13-18/h6-8,13-14,16H,4-5,9-12,15H2,1-3H3,(H,24,30). The summed E-state index contributed by atoms with van der Waals surface area (Å²) in [7, 11) is 0. The van der Waals surface area contributed by atoms with Gasteiger partial charge >= 0.3 is 0 Å². The van der Waals surface area contributed by atoms with Gasteiger partial charge in [-0.1, -0.05) is 37.7 Å². The Kier molecular flexibility index (Phi) is 7.14. The number of carbonyl (C=O) groups excluding carboxylic acids is 1. The third kappa shape index (κ3) is 5.51. The molecule has 2 aromatic heterocycles. The highest BCUT2D eigenvalue weighted by Gasteiger charge is 2.21. The van der Waals surface area contributed by atoms with Crippen LogP contribution in [0.3, 0.4) is 0 Å². The summed E-state index contributed by atoms with van der Waals surface area (Å²) < 4.78 is 7.42. The molecule has 170 valence electrons. The number of amides is 1. The van der Waals surface area contributed by atoms with Crippen molar-refractivity contribution in [3.63, 3.8) is 0 Å². The van der Waals surface area contributed by atoms with Crippen molar-refractivity contribution in [2.45, 2.75) is 50.6 Å². The number of anilines is 1. The van der Waals surface area contributed by atoms with Gasteiger partial charge in [-0.05, 0) is 37.5 Å². The molecule has 1 N–H and O–H groups in total. The molecule has 1 aliphatic rings. The minimum Gasteiger partial charge on any atom is -0.484 e. The van der Waals surface area contributed by atoms with E-state index in [1.165, 1.54) is 12.8 Å². The van der Waals surface area contributed by atoms with E-state index < -0.39 is 0 Å². The normalized spacial score (nSPS) is 13.8.